The van der Waals surface area contributed by atoms with Gasteiger partial charge in [-0.3, -0.25) is 0 Å². The molecule has 0 radical (unpaired) electrons. The third-order valence-electron chi connectivity index (χ3n) is 1.96. The second-order valence-electron chi connectivity index (χ2n) is 3.22. The van der Waals surface area contributed by atoms with Crippen LogP contribution in [0.1, 0.15) is 5.56 Å². The average Bonchev–Trinajstić information content (AvgIpc) is 2.18. The Morgan fingerprint density at radius 3 is 2.47 bits per heavy atom. The Morgan fingerprint density at radius 1 is 1.27 bits per heavy atom. The van der Waals surface area contributed by atoms with Gasteiger partial charge in [-0.2, -0.15) is 0 Å². The lowest BCUT2D eigenvalue weighted by Gasteiger charge is -2.13. The number of halogens is 2. The molecule has 0 fully saturated rings. The van der Waals surface area contributed by atoms with Crippen LogP contribution in [0.3, 0.4) is 0 Å². The molecule has 1 aromatic rings. The first-order valence-electron chi connectivity index (χ1n) is 4.55. The molecule has 0 atom stereocenters. The van der Waals surface area contributed by atoms with E-state index in [0.29, 0.717) is 17.1 Å². The van der Waals surface area contributed by atoms with Gasteiger partial charge in [-0.1, -0.05) is 11.6 Å². The molecule has 0 saturated carbocycles. The van der Waals surface area contributed by atoms with Gasteiger partial charge in [0.1, 0.15) is 5.82 Å². The standard InChI is InChI=1S/C10H13ClFNO2/c11-8-1-7(2-9(12)3-8)4-13-10(5-14)6-15/h1-3,10,13-15H,4-6H2. The Kier molecular flexibility index (Phi) is 4.98. The van der Waals surface area contributed by atoms with Crippen LogP contribution in [-0.4, -0.2) is 29.5 Å². The van der Waals surface area contributed by atoms with Gasteiger partial charge in [-0.05, 0) is 23.8 Å². The van der Waals surface area contributed by atoms with Crippen LogP contribution in [0.5, 0.6) is 0 Å². The molecule has 0 saturated heterocycles. The van der Waals surface area contributed by atoms with Crippen LogP contribution in [0.4, 0.5) is 4.39 Å². The number of nitrogens with one attached hydrogen (secondary N) is 1. The van der Waals surface area contributed by atoms with Crippen molar-refractivity contribution in [2.24, 2.45) is 0 Å². The third kappa shape index (κ3) is 4.13. The minimum Gasteiger partial charge on any atom is -0.395 e. The van der Waals surface area contributed by atoms with E-state index >= 15 is 0 Å². The SMILES string of the molecule is OCC(CO)NCc1cc(F)cc(Cl)c1. The zero-order chi connectivity index (χ0) is 11.3. The molecule has 15 heavy (non-hydrogen) atoms. The summed E-state index contributed by atoms with van der Waals surface area (Å²) in [6, 6.07) is 3.81. The third-order valence-corrected chi connectivity index (χ3v) is 2.18. The zero-order valence-corrected chi connectivity index (χ0v) is 8.84. The van der Waals surface area contributed by atoms with Crippen LogP contribution < -0.4 is 5.32 Å². The zero-order valence-electron chi connectivity index (χ0n) is 8.08. The van der Waals surface area contributed by atoms with Gasteiger partial charge in [0.05, 0.1) is 19.3 Å². The van der Waals surface area contributed by atoms with Crippen molar-refractivity contribution in [3.05, 3.63) is 34.6 Å². The first-order chi connectivity index (χ1) is 7.15. The lowest BCUT2D eigenvalue weighted by atomic mass is 10.2. The Labute approximate surface area is 92.5 Å². The fourth-order valence-electron chi connectivity index (χ4n) is 1.16. The summed E-state index contributed by atoms with van der Waals surface area (Å²) >= 11 is 5.67. The van der Waals surface area contributed by atoms with E-state index in [9.17, 15) is 4.39 Å². The van der Waals surface area contributed by atoms with E-state index in [2.05, 4.69) is 5.32 Å². The largest absolute Gasteiger partial charge is 0.395 e. The van der Waals surface area contributed by atoms with Crippen molar-refractivity contribution in [1.29, 1.82) is 0 Å². The van der Waals surface area contributed by atoms with Crippen LogP contribution in [-0.2, 0) is 6.54 Å². The Bertz CT molecular complexity index is 298. The maximum Gasteiger partial charge on any atom is 0.125 e. The predicted molar refractivity (Wildman–Crippen MR) is 56.2 cm³/mol. The molecular formula is C10H13ClFNO2. The molecule has 0 heterocycles. The minimum atomic E-state index is -0.399. The van der Waals surface area contributed by atoms with Crippen LogP contribution in [0.15, 0.2) is 18.2 Å². The molecule has 1 rings (SSSR count). The highest BCUT2D eigenvalue weighted by Crippen LogP contribution is 2.13. The molecular weight excluding hydrogens is 221 g/mol. The maximum atomic E-state index is 12.9. The van der Waals surface area contributed by atoms with E-state index in [1.165, 1.54) is 12.1 Å². The first-order valence-corrected chi connectivity index (χ1v) is 4.93. The van der Waals surface area contributed by atoms with Crippen molar-refractivity contribution in [3.8, 4) is 0 Å². The molecule has 3 N–H and O–H groups in total. The van der Waals surface area contributed by atoms with Gasteiger partial charge in [0.15, 0.2) is 0 Å². The molecule has 5 heteroatoms. The summed E-state index contributed by atoms with van der Waals surface area (Å²) in [6.07, 6.45) is 0. The van der Waals surface area contributed by atoms with Crippen molar-refractivity contribution in [1.82, 2.24) is 5.32 Å². The van der Waals surface area contributed by atoms with Crippen LogP contribution in [0.2, 0.25) is 5.02 Å². The van der Waals surface area contributed by atoms with E-state index in [1.807, 2.05) is 0 Å². The topological polar surface area (TPSA) is 52.5 Å². The number of aliphatic hydroxyl groups is 2. The Balaban J connectivity index is 2.57. The second kappa shape index (κ2) is 6.02. The van der Waals surface area contributed by atoms with Gasteiger partial charge in [0, 0.05) is 11.6 Å². The molecule has 0 aliphatic heterocycles. The summed E-state index contributed by atoms with van der Waals surface area (Å²) < 4.78 is 12.9. The molecule has 0 aliphatic rings. The minimum absolute atomic E-state index is 0.167. The molecule has 0 aliphatic carbocycles. The fourth-order valence-corrected chi connectivity index (χ4v) is 1.41. The Morgan fingerprint density at radius 2 is 1.93 bits per heavy atom. The van der Waals surface area contributed by atoms with Crippen LogP contribution in [0.25, 0.3) is 0 Å². The van der Waals surface area contributed by atoms with Crippen molar-refractivity contribution in [2.45, 2.75) is 12.6 Å². The lowest BCUT2D eigenvalue weighted by Crippen LogP contribution is -2.35. The highest BCUT2D eigenvalue weighted by Gasteiger charge is 2.05. The molecule has 0 bridgehead atoms. The van der Waals surface area contributed by atoms with E-state index in [4.69, 9.17) is 21.8 Å². The number of hydrogen-bond acceptors (Lipinski definition) is 3. The molecule has 84 valence electrons. The highest BCUT2D eigenvalue weighted by atomic mass is 35.5. The summed E-state index contributed by atoms with van der Waals surface area (Å²) in [7, 11) is 0. The molecule has 1 aromatic carbocycles. The summed E-state index contributed by atoms with van der Waals surface area (Å²) in [5.74, 6) is -0.399. The first kappa shape index (κ1) is 12.4. The van der Waals surface area contributed by atoms with Crippen molar-refractivity contribution in [2.75, 3.05) is 13.2 Å². The van der Waals surface area contributed by atoms with E-state index in [0.717, 1.165) is 0 Å². The number of rotatable bonds is 5. The van der Waals surface area contributed by atoms with Gasteiger partial charge in [0.2, 0.25) is 0 Å². The quantitative estimate of drug-likeness (QED) is 0.709. The second-order valence-corrected chi connectivity index (χ2v) is 3.66. The summed E-state index contributed by atoms with van der Waals surface area (Å²) in [5, 5.41) is 20.8. The molecule has 0 spiro atoms. The van der Waals surface area contributed by atoms with Crippen molar-refractivity contribution < 1.29 is 14.6 Å². The monoisotopic (exact) mass is 233 g/mol. The normalized spacial score (nSPS) is 11.0. The van der Waals surface area contributed by atoms with Gasteiger partial charge >= 0.3 is 0 Å². The van der Waals surface area contributed by atoms with E-state index in [1.54, 1.807) is 6.07 Å². The summed E-state index contributed by atoms with van der Waals surface area (Å²) in [5.41, 5.74) is 0.673. The predicted octanol–water partition coefficient (Wildman–Crippen LogP) is 0.922. The highest BCUT2D eigenvalue weighted by molar-refractivity contribution is 6.30. The number of benzene rings is 1. The number of hydrogen-bond donors (Lipinski definition) is 3. The van der Waals surface area contributed by atoms with Gasteiger partial charge in [0.25, 0.3) is 0 Å². The molecule has 3 nitrogen and oxygen atoms in total. The molecule has 0 aromatic heterocycles. The average molecular weight is 234 g/mol. The van der Waals surface area contributed by atoms with E-state index in [-0.39, 0.29) is 13.2 Å². The summed E-state index contributed by atoms with van der Waals surface area (Å²) in [6.45, 7) is 0.0162. The van der Waals surface area contributed by atoms with Crippen LogP contribution in [0, 0.1) is 5.82 Å². The van der Waals surface area contributed by atoms with Crippen LogP contribution >= 0.6 is 11.6 Å². The maximum absolute atomic E-state index is 12.9. The van der Waals surface area contributed by atoms with Crippen molar-refractivity contribution in [3.63, 3.8) is 0 Å². The van der Waals surface area contributed by atoms with Gasteiger partial charge in [-0.15, -0.1) is 0 Å². The smallest absolute Gasteiger partial charge is 0.125 e. The lowest BCUT2D eigenvalue weighted by molar-refractivity contribution is 0.170. The van der Waals surface area contributed by atoms with E-state index < -0.39 is 11.9 Å². The van der Waals surface area contributed by atoms with Crippen molar-refractivity contribution >= 4 is 11.6 Å². The Hall–Kier alpha value is -0.680. The fraction of sp³-hybridized carbons (Fsp3) is 0.400. The molecule has 0 amide bonds. The number of aliphatic hydroxyl groups excluding tert-OH is 2. The molecule has 0 unspecified atom stereocenters. The van der Waals surface area contributed by atoms with Gasteiger partial charge in [-0.25, -0.2) is 4.39 Å². The summed E-state index contributed by atoms with van der Waals surface area (Å²) in [4.78, 5) is 0. The van der Waals surface area contributed by atoms with Gasteiger partial charge < -0.3 is 15.5 Å².